The Balaban J connectivity index is 4.05. The Hall–Kier alpha value is -0.720. The molecule has 86 valence electrons. The molecule has 0 saturated heterocycles. The van der Waals surface area contributed by atoms with Crippen molar-refractivity contribution < 1.29 is 4.39 Å². The van der Waals surface area contributed by atoms with Crippen molar-refractivity contribution in [1.29, 1.82) is 0 Å². The Morgan fingerprint density at radius 1 is 1.47 bits per heavy atom. The molecule has 0 spiro atoms. The van der Waals surface area contributed by atoms with Gasteiger partial charge in [-0.05, 0) is 25.7 Å². The summed E-state index contributed by atoms with van der Waals surface area (Å²) in [6, 6.07) is 0. The zero-order valence-corrected chi connectivity index (χ0v) is 10.4. The predicted octanol–water partition coefficient (Wildman–Crippen LogP) is 4.88. The van der Waals surface area contributed by atoms with E-state index < -0.39 is 0 Å². The van der Waals surface area contributed by atoms with Crippen LogP contribution in [0.25, 0.3) is 0 Å². The summed E-state index contributed by atoms with van der Waals surface area (Å²) in [6.07, 6.45) is 7.88. The Kier molecular flexibility index (Phi) is 8.17. The van der Waals surface area contributed by atoms with Crippen LogP contribution in [0.5, 0.6) is 0 Å². The topological polar surface area (TPSA) is 0 Å². The Morgan fingerprint density at radius 2 is 2.13 bits per heavy atom. The van der Waals surface area contributed by atoms with Crippen molar-refractivity contribution in [2.45, 2.75) is 46.5 Å². The maximum absolute atomic E-state index is 11.9. The largest absolute Gasteiger partial charge is 0.225 e. The summed E-state index contributed by atoms with van der Waals surface area (Å²) < 4.78 is 11.9. The molecule has 0 heterocycles. The van der Waals surface area contributed by atoms with Gasteiger partial charge >= 0.3 is 0 Å². The number of allylic oxidation sites excluding steroid dienone is 3. The quantitative estimate of drug-likeness (QED) is 0.305. The summed E-state index contributed by atoms with van der Waals surface area (Å²) >= 11 is 0. The van der Waals surface area contributed by atoms with Gasteiger partial charge in [0.05, 0.1) is 6.42 Å². The third-order valence-corrected chi connectivity index (χ3v) is 2.19. The Labute approximate surface area is 94.3 Å². The van der Waals surface area contributed by atoms with Gasteiger partial charge in [-0.3, -0.25) is 0 Å². The maximum Gasteiger partial charge on any atom is 0.225 e. The molecule has 1 heteroatoms. The van der Waals surface area contributed by atoms with Crippen LogP contribution >= 0.6 is 0 Å². The van der Waals surface area contributed by atoms with Crippen molar-refractivity contribution in [2.24, 2.45) is 5.92 Å². The molecule has 0 aromatic rings. The first kappa shape index (κ1) is 14.3. The van der Waals surface area contributed by atoms with E-state index in [0.29, 0.717) is 5.92 Å². The molecule has 0 N–H and O–H groups in total. The summed E-state index contributed by atoms with van der Waals surface area (Å²) in [7, 11) is 0. The lowest BCUT2D eigenvalue weighted by molar-refractivity contribution is 0.526. The summed E-state index contributed by atoms with van der Waals surface area (Å²) in [6.45, 7) is 10.1. The van der Waals surface area contributed by atoms with Gasteiger partial charge in [-0.2, -0.15) is 4.39 Å². The standard InChI is InChI=1S/C14H24F/c1-12(2)8-9-14(11-13(3)4)7-5-6-10-15/h6,9,12H,3,5,7-8,10-11H2,1-2,4H3/q+1/b14-9+. The van der Waals surface area contributed by atoms with Crippen molar-refractivity contribution in [3.05, 3.63) is 30.2 Å². The molecule has 0 nitrogen and oxygen atoms in total. The second-order valence-corrected chi connectivity index (χ2v) is 4.61. The molecular formula is C14H24F+. The monoisotopic (exact) mass is 211 g/mol. The summed E-state index contributed by atoms with van der Waals surface area (Å²) in [5.74, 6) is 0.690. The lowest BCUT2D eigenvalue weighted by Gasteiger charge is -2.06. The number of unbranched alkanes of at least 4 members (excludes halogenated alkanes) is 1. The zero-order valence-electron chi connectivity index (χ0n) is 10.4. The fourth-order valence-electron chi connectivity index (χ4n) is 1.42. The van der Waals surface area contributed by atoms with Crippen LogP contribution < -0.4 is 0 Å². The molecule has 0 aromatic heterocycles. The Morgan fingerprint density at radius 3 is 2.60 bits per heavy atom. The lowest BCUT2D eigenvalue weighted by atomic mass is 9.98. The van der Waals surface area contributed by atoms with Crippen LogP contribution in [0.1, 0.15) is 46.5 Å². The van der Waals surface area contributed by atoms with Gasteiger partial charge in [-0.15, -0.1) is 0 Å². The number of rotatable bonds is 8. The van der Waals surface area contributed by atoms with Gasteiger partial charge in [-0.25, -0.2) is 0 Å². The van der Waals surface area contributed by atoms with E-state index in [9.17, 15) is 4.39 Å². The lowest BCUT2D eigenvalue weighted by Crippen LogP contribution is -1.91. The molecule has 0 atom stereocenters. The smallest absolute Gasteiger partial charge is 0.198 e. The SMILES string of the molecule is C=C(C)C/C(=C/CC(C)C)CC[CH+]CF. The molecule has 0 saturated carbocycles. The van der Waals surface area contributed by atoms with E-state index in [0.717, 1.165) is 25.7 Å². The van der Waals surface area contributed by atoms with Crippen LogP contribution in [0.2, 0.25) is 0 Å². The first-order chi connectivity index (χ1) is 7.06. The van der Waals surface area contributed by atoms with E-state index in [-0.39, 0.29) is 6.67 Å². The normalized spacial score (nSPS) is 11.9. The Bertz CT molecular complexity index is 201. The van der Waals surface area contributed by atoms with Crippen molar-refractivity contribution in [3.63, 3.8) is 0 Å². The fraction of sp³-hybridized carbons (Fsp3) is 0.643. The van der Waals surface area contributed by atoms with Gasteiger partial charge in [0.1, 0.15) is 6.42 Å². The number of hydrogen-bond acceptors (Lipinski definition) is 0. The minimum atomic E-state index is -0.315. The second kappa shape index (κ2) is 8.58. The third kappa shape index (κ3) is 9.58. The van der Waals surface area contributed by atoms with Gasteiger partial charge in [0, 0.05) is 6.42 Å². The van der Waals surface area contributed by atoms with Crippen LogP contribution in [0.4, 0.5) is 4.39 Å². The van der Waals surface area contributed by atoms with Gasteiger partial charge in [0.2, 0.25) is 6.67 Å². The first-order valence-electron chi connectivity index (χ1n) is 5.76. The summed E-state index contributed by atoms with van der Waals surface area (Å²) in [5, 5.41) is 0. The molecule has 0 aromatic carbocycles. The fourth-order valence-corrected chi connectivity index (χ4v) is 1.42. The van der Waals surface area contributed by atoms with E-state index in [1.54, 1.807) is 6.42 Å². The van der Waals surface area contributed by atoms with Gasteiger partial charge in [0.15, 0.2) is 0 Å². The maximum atomic E-state index is 11.9. The van der Waals surface area contributed by atoms with Crippen molar-refractivity contribution in [3.8, 4) is 0 Å². The summed E-state index contributed by atoms with van der Waals surface area (Å²) in [5.41, 5.74) is 2.59. The molecule has 0 fully saturated rings. The number of hydrogen-bond donors (Lipinski definition) is 0. The molecule has 0 bridgehead atoms. The number of alkyl halides is 1. The van der Waals surface area contributed by atoms with Crippen molar-refractivity contribution in [1.82, 2.24) is 0 Å². The molecule has 15 heavy (non-hydrogen) atoms. The molecule has 0 radical (unpaired) electrons. The average molecular weight is 211 g/mol. The zero-order chi connectivity index (χ0) is 11.7. The van der Waals surface area contributed by atoms with Crippen molar-refractivity contribution >= 4 is 0 Å². The molecule has 0 rings (SSSR count). The van der Waals surface area contributed by atoms with E-state index >= 15 is 0 Å². The predicted molar refractivity (Wildman–Crippen MR) is 66.5 cm³/mol. The average Bonchev–Trinajstić information content (AvgIpc) is 2.13. The highest BCUT2D eigenvalue weighted by molar-refractivity contribution is 5.12. The molecule has 0 amide bonds. The van der Waals surface area contributed by atoms with E-state index in [1.165, 1.54) is 11.1 Å². The van der Waals surface area contributed by atoms with Crippen LogP contribution in [-0.2, 0) is 0 Å². The van der Waals surface area contributed by atoms with E-state index in [4.69, 9.17) is 0 Å². The van der Waals surface area contributed by atoms with Crippen LogP contribution in [0, 0.1) is 12.3 Å². The highest BCUT2D eigenvalue weighted by Crippen LogP contribution is 2.18. The van der Waals surface area contributed by atoms with Gasteiger partial charge < -0.3 is 0 Å². The second-order valence-electron chi connectivity index (χ2n) is 4.61. The highest BCUT2D eigenvalue weighted by Gasteiger charge is 2.03. The highest BCUT2D eigenvalue weighted by atomic mass is 19.1. The first-order valence-corrected chi connectivity index (χ1v) is 5.76. The van der Waals surface area contributed by atoms with E-state index in [2.05, 4.69) is 26.5 Å². The van der Waals surface area contributed by atoms with Gasteiger partial charge in [-0.1, -0.05) is 37.6 Å². The van der Waals surface area contributed by atoms with Crippen LogP contribution in [0.3, 0.4) is 0 Å². The molecule has 0 unspecified atom stereocenters. The van der Waals surface area contributed by atoms with Gasteiger partial charge in [0.25, 0.3) is 0 Å². The summed E-state index contributed by atoms with van der Waals surface area (Å²) in [4.78, 5) is 0. The molecular weight excluding hydrogens is 187 g/mol. The van der Waals surface area contributed by atoms with Crippen LogP contribution in [-0.4, -0.2) is 6.67 Å². The third-order valence-electron chi connectivity index (χ3n) is 2.19. The molecule has 0 aliphatic rings. The van der Waals surface area contributed by atoms with Crippen molar-refractivity contribution in [2.75, 3.05) is 6.67 Å². The molecule has 0 aliphatic heterocycles. The molecule has 0 aliphatic carbocycles. The minimum absolute atomic E-state index is 0.315. The minimum Gasteiger partial charge on any atom is -0.198 e. The number of halogens is 1. The van der Waals surface area contributed by atoms with E-state index in [1.807, 2.05) is 6.92 Å². The van der Waals surface area contributed by atoms with Crippen LogP contribution in [0.15, 0.2) is 23.8 Å².